The third kappa shape index (κ3) is 3.12. The number of benzene rings is 1. The van der Waals surface area contributed by atoms with Crippen molar-refractivity contribution in [2.75, 3.05) is 6.79 Å². The molecular weight excluding hydrogens is 266 g/mol. The van der Waals surface area contributed by atoms with Crippen molar-refractivity contribution < 1.29 is 23.9 Å². The Morgan fingerprint density at radius 2 is 2.35 bits per heavy atom. The average molecular weight is 279 g/mol. The van der Waals surface area contributed by atoms with Crippen molar-refractivity contribution in [3.63, 3.8) is 0 Å². The van der Waals surface area contributed by atoms with Gasteiger partial charge in [-0.2, -0.15) is 0 Å². The predicted octanol–water partition coefficient (Wildman–Crippen LogP) is 2.08. The Hall–Kier alpha value is -2.41. The van der Waals surface area contributed by atoms with E-state index in [2.05, 4.69) is 0 Å². The highest BCUT2D eigenvalue weighted by atomic mass is 16.7. The van der Waals surface area contributed by atoms with Crippen molar-refractivity contribution in [2.24, 2.45) is 0 Å². The molecular formula is C13H13NO6. The summed E-state index contributed by atoms with van der Waals surface area (Å²) in [5.74, 6) is -0.0325. The Balaban J connectivity index is 2.27. The van der Waals surface area contributed by atoms with Crippen molar-refractivity contribution >= 4 is 11.7 Å². The highest BCUT2D eigenvalue weighted by Gasteiger charge is 2.21. The molecule has 7 nitrogen and oxygen atoms in total. The molecule has 1 aromatic rings. The molecule has 7 heteroatoms. The summed E-state index contributed by atoms with van der Waals surface area (Å²) in [5.41, 5.74) is 0.938. The van der Waals surface area contributed by atoms with E-state index in [9.17, 15) is 14.9 Å². The summed E-state index contributed by atoms with van der Waals surface area (Å²) in [7, 11) is 0. The molecule has 0 bridgehead atoms. The average Bonchev–Trinajstić information content (AvgIpc) is 2.44. The topological polar surface area (TPSA) is 87.9 Å². The molecule has 1 aliphatic heterocycles. The molecule has 20 heavy (non-hydrogen) atoms. The fourth-order valence-corrected chi connectivity index (χ4v) is 1.83. The number of carbonyl (C=O) groups excluding carboxylic acids is 1. The lowest BCUT2D eigenvalue weighted by molar-refractivity contribution is -0.385. The Morgan fingerprint density at radius 1 is 1.55 bits per heavy atom. The lowest BCUT2D eigenvalue weighted by atomic mass is 10.1. The second-order valence-corrected chi connectivity index (χ2v) is 4.07. The van der Waals surface area contributed by atoms with Crippen LogP contribution in [0.1, 0.15) is 18.1 Å². The number of rotatable bonds is 4. The van der Waals surface area contributed by atoms with Gasteiger partial charge in [-0.25, -0.2) is 4.79 Å². The van der Waals surface area contributed by atoms with Crippen molar-refractivity contribution in [2.45, 2.75) is 20.1 Å². The number of non-ortho nitro benzene ring substituents is 1. The molecule has 0 saturated carbocycles. The van der Waals surface area contributed by atoms with E-state index in [1.807, 2.05) is 0 Å². The summed E-state index contributed by atoms with van der Waals surface area (Å²) >= 11 is 0. The molecule has 0 N–H and O–H groups in total. The molecule has 0 aromatic heterocycles. The Bertz CT molecular complexity index is 566. The van der Waals surface area contributed by atoms with Gasteiger partial charge in [0, 0.05) is 29.3 Å². The molecule has 1 aliphatic rings. The van der Waals surface area contributed by atoms with Crippen LogP contribution in [0.5, 0.6) is 5.75 Å². The smallest absolute Gasteiger partial charge is 0.330 e. The van der Waals surface area contributed by atoms with Gasteiger partial charge in [0.25, 0.3) is 5.69 Å². The van der Waals surface area contributed by atoms with Crippen molar-refractivity contribution in [1.29, 1.82) is 0 Å². The first-order valence-electron chi connectivity index (χ1n) is 5.92. The summed E-state index contributed by atoms with van der Waals surface area (Å²) in [5, 5.41) is 10.9. The third-order valence-electron chi connectivity index (χ3n) is 2.66. The van der Waals surface area contributed by atoms with E-state index in [-0.39, 0.29) is 25.7 Å². The first-order chi connectivity index (χ1) is 9.61. The van der Waals surface area contributed by atoms with E-state index in [4.69, 9.17) is 14.2 Å². The Morgan fingerprint density at radius 3 is 3.05 bits per heavy atom. The number of nitrogens with zero attached hydrogens (tertiary/aromatic N) is 1. The number of fused-ring (bicyclic) bond motifs is 1. The van der Waals surface area contributed by atoms with Gasteiger partial charge in [-0.05, 0) is 6.92 Å². The van der Waals surface area contributed by atoms with E-state index >= 15 is 0 Å². The molecule has 1 aromatic carbocycles. The fraction of sp³-hybridized carbons (Fsp3) is 0.308. The standard InChI is InChI=1S/C13H13NO6/c1-2-3-12(15)19-7-10-5-11(14(16)17)4-9-6-18-8-20-13(9)10/h2-5H,6-8H2,1H3/b3-2+. The normalized spacial score (nSPS) is 13.7. The molecule has 2 rings (SSSR count). The molecule has 0 aliphatic carbocycles. The van der Waals surface area contributed by atoms with Gasteiger partial charge in [-0.3, -0.25) is 10.1 Å². The van der Waals surface area contributed by atoms with E-state index in [0.29, 0.717) is 16.9 Å². The lowest BCUT2D eigenvalue weighted by Crippen LogP contribution is -2.14. The molecule has 0 unspecified atom stereocenters. The zero-order valence-corrected chi connectivity index (χ0v) is 10.8. The van der Waals surface area contributed by atoms with E-state index in [1.54, 1.807) is 13.0 Å². The van der Waals surface area contributed by atoms with Gasteiger partial charge < -0.3 is 14.2 Å². The monoisotopic (exact) mass is 279 g/mol. The molecule has 0 amide bonds. The van der Waals surface area contributed by atoms with Crippen LogP contribution in [-0.4, -0.2) is 17.7 Å². The zero-order chi connectivity index (χ0) is 14.5. The van der Waals surface area contributed by atoms with Crippen LogP contribution >= 0.6 is 0 Å². The van der Waals surface area contributed by atoms with Crippen LogP contribution in [0.15, 0.2) is 24.3 Å². The Kier molecular flexibility index (Phi) is 4.31. The molecule has 0 fully saturated rings. The molecule has 0 spiro atoms. The summed E-state index contributed by atoms with van der Waals surface area (Å²) < 4.78 is 15.4. The van der Waals surface area contributed by atoms with Crippen LogP contribution in [0, 0.1) is 10.1 Å². The summed E-state index contributed by atoms with van der Waals surface area (Å²) in [4.78, 5) is 21.7. The van der Waals surface area contributed by atoms with Crippen LogP contribution in [-0.2, 0) is 27.5 Å². The number of ether oxygens (including phenoxy) is 3. The summed E-state index contributed by atoms with van der Waals surface area (Å²) in [6, 6.07) is 2.73. The second-order valence-electron chi connectivity index (χ2n) is 4.07. The quantitative estimate of drug-likeness (QED) is 0.363. The number of hydrogen-bond acceptors (Lipinski definition) is 6. The number of nitro groups is 1. The van der Waals surface area contributed by atoms with Crippen molar-refractivity contribution in [1.82, 2.24) is 0 Å². The maximum absolute atomic E-state index is 11.3. The van der Waals surface area contributed by atoms with Gasteiger partial charge in [0.1, 0.15) is 12.4 Å². The molecule has 1 heterocycles. The maximum atomic E-state index is 11.3. The van der Waals surface area contributed by atoms with Crippen LogP contribution in [0.25, 0.3) is 0 Å². The zero-order valence-electron chi connectivity index (χ0n) is 10.8. The number of carbonyl (C=O) groups is 1. The second kappa shape index (κ2) is 6.16. The third-order valence-corrected chi connectivity index (χ3v) is 2.66. The van der Waals surface area contributed by atoms with Crippen molar-refractivity contribution in [3.8, 4) is 5.75 Å². The minimum atomic E-state index is -0.514. The summed E-state index contributed by atoms with van der Waals surface area (Å²) in [6.45, 7) is 1.90. The number of allylic oxidation sites excluding steroid dienone is 1. The van der Waals surface area contributed by atoms with Gasteiger partial charge in [0.05, 0.1) is 11.5 Å². The van der Waals surface area contributed by atoms with Gasteiger partial charge in [0.15, 0.2) is 6.79 Å². The van der Waals surface area contributed by atoms with Crippen LogP contribution in [0.3, 0.4) is 0 Å². The molecule has 0 atom stereocenters. The van der Waals surface area contributed by atoms with E-state index in [1.165, 1.54) is 18.2 Å². The first-order valence-corrected chi connectivity index (χ1v) is 5.92. The molecule has 0 saturated heterocycles. The number of esters is 1. The molecule has 0 radical (unpaired) electrons. The van der Waals surface area contributed by atoms with Crippen LogP contribution in [0.2, 0.25) is 0 Å². The molecule has 106 valence electrons. The van der Waals surface area contributed by atoms with Crippen LogP contribution in [0.4, 0.5) is 5.69 Å². The SMILES string of the molecule is C/C=C/C(=O)OCc1cc([N+](=O)[O-])cc2c1OCOC2. The predicted molar refractivity (Wildman–Crippen MR) is 68.0 cm³/mol. The van der Waals surface area contributed by atoms with E-state index < -0.39 is 10.9 Å². The highest BCUT2D eigenvalue weighted by Crippen LogP contribution is 2.33. The van der Waals surface area contributed by atoms with Crippen molar-refractivity contribution in [3.05, 3.63) is 45.5 Å². The maximum Gasteiger partial charge on any atom is 0.330 e. The van der Waals surface area contributed by atoms with Gasteiger partial charge in [-0.15, -0.1) is 0 Å². The van der Waals surface area contributed by atoms with Crippen LogP contribution < -0.4 is 4.74 Å². The number of nitro benzene ring substituents is 1. The summed E-state index contributed by atoms with van der Waals surface area (Å²) in [6.07, 6.45) is 2.82. The first kappa shape index (κ1) is 14.0. The van der Waals surface area contributed by atoms with Gasteiger partial charge in [-0.1, -0.05) is 6.08 Å². The van der Waals surface area contributed by atoms with Gasteiger partial charge in [0.2, 0.25) is 0 Å². The van der Waals surface area contributed by atoms with E-state index in [0.717, 1.165) is 0 Å². The van der Waals surface area contributed by atoms with Gasteiger partial charge >= 0.3 is 5.97 Å². The lowest BCUT2D eigenvalue weighted by Gasteiger charge is -2.20. The fourth-order valence-electron chi connectivity index (χ4n) is 1.83. The highest BCUT2D eigenvalue weighted by molar-refractivity contribution is 5.81. The number of hydrogen-bond donors (Lipinski definition) is 0. The largest absolute Gasteiger partial charge is 0.467 e. The minimum Gasteiger partial charge on any atom is -0.467 e. The minimum absolute atomic E-state index is 0.0701. The Labute approximate surface area is 114 Å².